The van der Waals surface area contributed by atoms with Gasteiger partial charge >= 0.3 is 0 Å². The fourth-order valence-corrected chi connectivity index (χ4v) is 5.34. The van der Waals surface area contributed by atoms with E-state index in [1.807, 2.05) is 13.8 Å². The Bertz CT molecular complexity index is 576. The number of rotatable bonds is 0. The molecule has 7 unspecified atom stereocenters. The van der Waals surface area contributed by atoms with Gasteiger partial charge < -0.3 is 15.3 Å². The van der Waals surface area contributed by atoms with E-state index in [0.717, 1.165) is 12.8 Å². The van der Waals surface area contributed by atoms with Gasteiger partial charge in [-0.2, -0.15) is 0 Å². The minimum Gasteiger partial charge on any atom is -0.388 e. The van der Waals surface area contributed by atoms with Crippen molar-refractivity contribution in [3.63, 3.8) is 0 Å². The van der Waals surface area contributed by atoms with Gasteiger partial charge in [0.15, 0.2) is 5.78 Å². The van der Waals surface area contributed by atoms with Gasteiger partial charge in [0.2, 0.25) is 0 Å². The Labute approximate surface area is 145 Å². The Morgan fingerprint density at radius 3 is 2.38 bits per heavy atom. The second kappa shape index (κ2) is 5.39. The summed E-state index contributed by atoms with van der Waals surface area (Å²) in [5, 5.41) is 32.5. The molecule has 4 heteroatoms. The van der Waals surface area contributed by atoms with Gasteiger partial charge in [-0.1, -0.05) is 27.7 Å². The Morgan fingerprint density at radius 1 is 1.12 bits per heavy atom. The van der Waals surface area contributed by atoms with Crippen molar-refractivity contribution >= 4 is 5.78 Å². The molecule has 3 N–H and O–H groups in total. The van der Waals surface area contributed by atoms with Crippen molar-refractivity contribution in [3.05, 3.63) is 11.6 Å². The molecule has 0 aromatic carbocycles. The monoisotopic (exact) mass is 336 g/mol. The van der Waals surface area contributed by atoms with Gasteiger partial charge in [0, 0.05) is 5.92 Å². The summed E-state index contributed by atoms with van der Waals surface area (Å²) in [6, 6.07) is 0. The smallest absolute Gasteiger partial charge is 0.171 e. The lowest BCUT2D eigenvalue weighted by Crippen LogP contribution is -2.43. The largest absolute Gasteiger partial charge is 0.388 e. The summed E-state index contributed by atoms with van der Waals surface area (Å²) in [5.74, 6) is 0.334. The molecule has 0 amide bonds. The average molecular weight is 336 g/mol. The molecule has 0 bridgehead atoms. The molecule has 0 spiro atoms. The predicted octanol–water partition coefficient (Wildman–Crippen LogP) is 2.46. The lowest BCUT2D eigenvalue weighted by molar-refractivity contribution is -0.138. The average Bonchev–Trinajstić information content (AvgIpc) is 2.91. The molecule has 0 aromatic heterocycles. The van der Waals surface area contributed by atoms with Crippen molar-refractivity contribution in [1.82, 2.24) is 0 Å². The third-order valence-corrected chi connectivity index (χ3v) is 7.13. The number of hydrogen-bond donors (Lipinski definition) is 3. The Balaban J connectivity index is 2.02. The van der Waals surface area contributed by atoms with Crippen molar-refractivity contribution in [3.8, 4) is 0 Å². The maximum Gasteiger partial charge on any atom is 0.171 e. The summed E-state index contributed by atoms with van der Waals surface area (Å²) in [5.41, 5.74) is -2.25. The number of hydrogen-bond acceptors (Lipinski definition) is 4. The standard InChI is InChI=1S/C20H32O4/c1-11-8-14-13(18(14,3)4)6-7-19(5,23)10-15-16(21)12(2)9-20(15,24)17(11)22/h10-14,16,21,23-24H,6-9H2,1-5H3. The minimum atomic E-state index is -1.64. The molecule has 3 aliphatic rings. The highest BCUT2D eigenvalue weighted by Gasteiger charge is 2.59. The Kier molecular flexibility index (Phi) is 4.06. The molecule has 0 radical (unpaired) electrons. The first-order valence-corrected chi connectivity index (χ1v) is 9.30. The van der Waals surface area contributed by atoms with Crippen molar-refractivity contribution in [2.75, 3.05) is 0 Å². The molecule has 2 saturated carbocycles. The third-order valence-electron chi connectivity index (χ3n) is 7.13. The molecule has 24 heavy (non-hydrogen) atoms. The van der Waals surface area contributed by atoms with Crippen LogP contribution in [0.1, 0.15) is 60.3 Å². The third kappa shape index (κ3) is 2.67. The highest BCUT2D eigenvalue weighted by atomic mass is 16.3. The fourth-order valence-electron chi connectivity index (χ4n) is 5.34. The van der Waals surface area contributed by atoms with Crippen molar-refractivity contribution in [1.29, 1.82) is 0 Å². The SMILES string of the molecule is CC1CC2C(CCC(C)(O)C=C3C(O)C(C)CC3(O)C1=O)C2(C)C. The molecular formula is C20H32O4. The molecular weight excluding hydrogens is 304 g/mol. The highest BCUT2D eigenvalue weighted by Crippen LogP contribution is 2.63. The molecule has 4 nitrogen and oxygen atoms in total. The summed E-state index contributed by atoms with van der Waals surface area (Å²) in [6.45, 7) is 9.92. The van der Waals surface area contributed by atoms with E-state index in [-0.39, 0.29) is 29.5 Å². The van der Waals surface area contributed by atoms with Gasteiger partial charge in [0.1, 0.15) is 5.60 Å². The van der Waals surface area contributed by atoms with Crippen LogP contribution in [-0.2, 0) is 4.79 Å². The maximum atomic E-state index is 13.1. The quantitative estimate of drug-likeness (QED) is 0.594. The summed E-state index contributed by atoms with van der Waals surface area (Å²) >= 11 is 0. The number of fused-ring (bicyclic) bond motifs is 2. The van der Waals surface area contributed by atoms with Gasteiger partial charge in [-0.3, -0.25) is 4.79 Å². The van der Waals surface area contributed by atoms with Crippen molar-refractivity contribution < 1.29 is 20.1 Å². The molecule has 0 aliphatic heterocycles. The first kappa shape index (κ1) is 18.1. The van der Waals surface area contributed by atoms with E-state index in [9.17, 15) is 20.1 Å². The zero-order valence-electron chi connectivity index (χ0n) is 15.5. The van der Waals surface area contributed by atoms with Crippen LogP contribution >= 0.6 is 0 Å². The molecule has 136 valence electrons. The van der Waals surface area contributed by atoms with Crippen LogP contribution in [0.15, 0.2) is 11.6 Å². The topological polar surface area (TPSA) is 77.8 Å². The second-order valence-electron chi connectivity index (χ2n) is 9.52. The minimum absolute atomic E-state index is 0.193. The number of aliphatic hydroxyl groups excluding tert-OH is 1. The lowest BCUT2D eigenvalue weighted by atomic mass is 9.80. The fraction of sp³-hybridized carbons (Fsp3) is 0.850. The van der Waals surface area contributed by atoms with E-state index in [1.54, 1.807) is 13.0 Å². The van der Waals surface area contributed by atoms with Gasteiger partial charge in [0.25, 0.3) is 0 Å². The molecule has 7 atom stereocenters. The zero-order valence-corrected chi connectivity index (χ0v) is 15.5. The molecule has 3 rings (SSSR count). The molecule has 0 heterocycles. The summed E-state index contributed by atoms with van der Waals surface area (Å²) in [7, 11) is 0. The van der Waals surface area contributed by atoms with E-state index in [4.69, 9.17) is 0 Å². The number of ketones is 1. The molecule has 0 saturated heterocycles. The summed E-state index contributed by atoms with van der Waals surface area (Å²) in [4.78, 5) is 13.1. The van der Waals surface area contributed by atoms with E-state index in [1.165, 1.54) is 0 Å². The van der Waals surface area contributed by atoms with Gasteiger partial charge in [-0.25, -0.2) is 0 Å². The summed E-state index contributed by atoms with van der Waals surface area (Å²) < 4.78 is 0. The van der Waals surface area contributed by atoms with Crippen LogP contribution in [0.25, 0.3) is 0 Å². The van der Waals surface area contributed by atoms with Crippen LogP contribution in [0.5, 0.6) is 0 Å². The first-order valence-electron chi connectivity index (χ1n) is 9.30. The van der Waals surface area contributed by atoms with Crippen LogP contribution in [0.2, 0.25) is 0 Å². The Hall–Kier alpha value is -0.710. The van der Waals surface area contributed by atoms with Crippen LogP contribution in [0.4, 0.5) is 0 Å². The lowest BCUT2D eigenvalue weighted by Gasteiger charge is -2.30. The highest BCUT2D eigenvalue weighted by molar-refractivity contribution is 5.93. The van der Waals surface area contributed by atoms with E-state index in [0.29, 0.717) is 23.8 Å². The predicted molar refractivity (Wildman–Crippen MR) is 92.2 cm³/mol. The van der Waals surface area contributed by atoms with E-state index < -0.39 is 17.3 Å². The number of Topliss-reactive ketones (excluding diaryl/α,β-unsaturated/α-hetero) is 1. The molecule has 2 fully saturated rings. The van der Waals surface area contributed by atoms with Crippen molar-refractivity contribution in [2.45, 2.75) is 77.6 Å². The number of carbonyl (C=O) groups is 1. The second-order valence-corrected chi connectivity index (χ2v) is 9.52. The number of carbonyl (C=O) groups excluding carboxylic acids is 1. The van der Waals surface area contributed by atoms with Gasteiger partial charge in [-0.05, 0) is 67.4 Å². The van der Waals surface area contributed by atoms with E-state index in [2.05, 4.69) is 13.8 Å². The van der Waals surface area contributed by atoms with Crippen molar-refractivity contribution in [2.24, 2.45) is 29.1 Å². The normalized spacial score (nSPS) is 51.2. The van der Waals surface area contributed by atoms with E-state index >= 15 is 0 Å². The number of aliphatic hydroxyl groups is 3. The van der Waals surface area contributed by atoms with Gasteiger partial charge in [0.05, 0.1) is 11.7 Å². The van der Waals surface area contributed by atoms with Crippen LogP contribution in [-0.4, -0.2) is 38.4 Å². The van der Waals surface area contributed by atoms with Crippen LogP contribution in [0.3, 0.4) is 0 Å². The maximum absolute atomic E-state index is 13.1. The zero-order chi connectivity index (χ0) is 18.1. The first-order chi connectivity index (χ1) is 10.9. The van der Waals surface area contributed by atoms with Gasteiger partial charge in [-0.15, -0.1) is 0 Å². The molecule has 3 aliphatic carbocycles. The molecule has 0 aromatic rings. The van der Waals surface area contributed by atoms with Crippen LogP contribution < -0.4 is 0 Å². The summed E-state index contributed by atoms with van der Waals surface area (Å²) in [6.07, 6.45) is 3.20. The van der Waals surface area contributed by atoms with Crippen LogP contribution in [0, 0.1) is 29.1 Å². The Morgan fingerprint density at radius 2 is 1.75 bits per heavy atom.